The summed E-state index contributed by atoms with van der Waals surface area (Å²) in [4.78, 5) is 11.3. The molecule has 2 atom stereocenters. The highest BCUT2D eigenvalue weighted by molar-refractivity contribution is 5.68. The van der Waals surface area contributed by atoms with Crippen LogP contribution >= 0.6 is 0 Å². The maximum Gasteiger partial charge on any atom is 0.408 e. The number of carbonyl (C=O) groups excluding carboxylic acids is 1. The van der Waals surface area contributed by atoms with Gasteiger partial charge in [-0.05, 0) is 20.8 Å². The second-order valence-corrected chi connectivity index (χ2v) is 4.36. The predicted molar refractivity (Wildman–Crippen MR) is 50.0 cm³/mol. The first-order chi connectivity index (χ1) is 6.38. The maximum atomic E-state index is 11.3. The molecule has 1 fully saturated rings. The van der Waals surface area contributed by atoms with Gasteiger partial charge in [0.25, 0.3) is 0 Å². The van der Waals surface area contributed by atoms with Gasteiger partial charge in [0.05, 0.1) is 25.4 Å². The Morgan fingerprint density at radius 1 is 1.50 bits per heavy atom. The molecule has 1 aliphatic rings. The summed E-state index contributed by atoms with van der Waals surface area (Å²) >= 11 is 0. The fourth-order valence-corrected chi connectivity index (χ4v) is 1.14. The molecule has 0 aromatic rings. The molecular weight excluding hydrogens is 186 g/mol. The Morgan fingerprint density at radius 2 is 2.14 bits per heavy atom. The van der Waals surface area contributed by atoms with Crippen molar-refractivity contribution in [2.75, 3.05) is 13.2 Å². The lowest BCUT2D eigenvalue weighted by Crippen LogP contribution is -2.44. The van der Waals surface area contributed by atoms with E-state index in [1.807, 2.05) is 0 Å². The second kappa shape index (κ2) is 4.14. The standard InChI is InChI=1S/C9H17NO4/c1-9(2,3)14-8(12)10-6-4-13-5-7(6)11/h6-7,11H,4-5H2,1-3H3,(H,10,12)/t6-,7+/m1/s1. The van der Waals surface area contributed by atoms with Gasteiger partial charge in [-0.15, -0.1) is 0 Å². The van der Waals surface area contributed by atoms with Crippen molar-refractivity contribution in [2.45, 2.75) is 38.5 Å². The van der Waals surface area contributed by atoms with Gasteiger partial charge < -0.3 is 19.9 Å². The van der Waals surface area contributed by atoms with Crippen LogP contribution in [0.3, 0.4) is 0 Å². The SMILES string of the molecule is CC(C)(C)OC(=O)N[C@@H]1COC[C@@H]1O. The van der Waals surface area contributed by atoms with Crippen LogP contribution in [0.15, 0.2) is 0 Å². The predicted octanol–water partition coefficient (Wildman–Crippen LogP) is 0.271. The Hall–Kier alpha value is -0.810. The summed E-state index contributed by atoms with van der Waals surface area (Å²) < 4.78 is 10.0. The first-order valence-electron chi connectivity index (χ1n) is 4.64. The smallest absolute Gasteiger partial charge is 0.408 e. The van der Waals surface area contributed by atoms with Crippen molar-refractivity contribution in [3.63, 3.8) is 0 Å². The van der Waals surface area contributed by atoms with Crippen molar-refractivity contribution >= 4 is 6.09 Å². The average molecular weight is 203 g/mol. The van der Waals surface area contributed by atoms with Crippen molar-refractivity contribution in [3.8, 4) is 0 Å². The van der Waals surface area contributed by atoms with Gasteiger partial charge in [-0.2, -0.15) is 0 Å². The molecule has 1 aliphatic heterocycles. The highest BCUT2D eigenvalue weighted by Crippen LogP contribution is 2.09. The lowest BCUT2D eigenvalue weighted by Gasteiger charge is -2.22. The molecule has 1 heterocycles. The summed E-state index contributed by atoms with van der Waals surface area (Å²) in [5.41, 5.74) is -0.519. The van der Waals surface area contributed by atoms with E-state index >= 15 is 0 Å². The topological polar surface area (TPSA) is 67.8 Å². The van der Waals surface area contributed by atoms with E-state index in [0.717, 1.165) is 0 Å². The van der Waals surface area contributed by atoms with Crippen molar-refractivity contribution in [1.29, 1.82) is 0 Å². The Balaban J connectivity index is 2.33. The van der Waals surface area contributed by atoms with Gasteiger partial charge in [0.1, 0.15) is 5.60 Å². The number of aliphatic hydroxyl groups excluding tert-OH is 1. The lowest BCUT2D eigenvalue weighted by atomic mass is 10.2. The summed E-state index contributed by atoms with van der Waals surface area (Å²) in [6.07, 6.45) is -1.16. The first-order valence-corrected chi connectivity index (χ1v) is 4.64. The molecule has 2 N–H and O–H groups in total. The van der Waals surface area contributed by atoms with Crippen molar-refractivity contribution in [1.82, 2.24) is 5.32 Å². The van der Waals surface area contributed by atoms with Gasteiger partial charge in [0.2, 0.25) is 0 Å². The number of ether oxygens (including phenoxy) is 2. The van der Waals surface area contributed by atoms with E-state index in [0.29, 0.717) is 6.61 Å². The van der Waals surface area contributed by atoms with E-state index in [-0.39, 0.29) is 12.6 Å². The molecule has 0 aromatic carbocycles. The minimum absolute atomic E-state index is 0.264. The molecule has 14 heavy (non-hydrogen) atoms. The van der Waals surface area contributed by atoms with E-state index in [2.05, 4.69) is 5.32 Å². The Bertz CT molecular complexity index is 211. The molecule has 0 radical (unpaired) electrons. The largest absolute Gasteiger partial charge is 0.444 e. The van der Waals surface area contributed by atoms with Gasteiger partial charge in [-0.3, -0.25) is 0 Å². The summed E-state index contributed by atoms with van der Waals surface area (Å²) in [6.45, 7) is 5.96. The van der Waals surface area contributed by atoms with Gasteiger partial charge in [0.15, 0.2) is 0 Å². The van der Waals surface area contributed by atoms with Gasteiger partial charge in [-0.1, -0.05) is 0 Å². The van der Waals surface area contributed by atoms with Crippen LogP contribution in [0.25, 0.3) is 0 Å². The molecule has 82 valence electrons. The summed E-state index contributed by atoms with van der Waals surface area (Å²) in [7, 11) is 0. The minimum atomic E-state index is -0.637. The normalized spacial score (nSPS) is 27.4. The van der Waals surface area contributed by atoms with Crippen LogP contribution in [-0.4, -0.2) is 42.2 Å². The number of nitrogens with one attached hydrogen (secondary N) is 1. The zero-order valence-corrected chi connectivity index (χ0v) is 8.74. The third-order valence-corrected chi connectivity index (χ3v) is 1.75. The monoisotopic (exact) mass is 203 g/mol. The van der Waals surface area contributed by atoms with Crippen LogP contribution in [0.2, 0.25) is 0 Å². The molecule has 0 unspecified atom stereocenters. The van der Waals surface area contributed by atoms with Crippen LogP contribution in [0, 0.1) is 0 Å². The van der Waals surface area contributed by atoms with E-state index in [9.17, 15) is 9.90 Å². The fourth-order valence-electron chi connectivity index (χ4n) is 1.14. The molecule has 1 amide bonds. The molecular formula is C9H17NO4. The number of hydrogen-bond donors (Lipinski definition) is 2. The number of alkyl carbamates (subject to hydrolysis) is 1. The van der Waals surface area contributed by atoms with Crippen molar-refractivity contribution < 1.29 is 19.4 Å². The van der Waals surface area contributed by atoms with Gasteiger partial charge in [0, 0.05) is 0 Å². The summed E-state index contributed by atoms with van der Waals surface area (Å²) in [5, 5.41) is 11.9. The molecule has 5 nitrogen and oxygen atoms in total. The Morgan fingerprint density at radius 3 is 2.57 bits per heavy atom. The van der Waals surface area contributed by atoms with E-state index in [1.54, 1.807) is 20.8 Å². The first kappa shape index (κ1) is 11.3. The molecule has 5 heteroatoms. The number of rotatable bonds is 1. The molecule has 0 aliphatic carbocycles. The molecule has 0 bridgehead atoms. The molecule has 1 rings (SSSR count). The molecule has 1 saturated heterocycles. The van der Waals surface area contributed by atoms with E-state index < -0.39 is 17.8 Å². The van der Waals surface area contributed by atoms with E-state index in [4.69, 9.17) is 9.47 Å². The number of carbonyl (C=O) groups is 1. The second-order valence-electron chi connectivity index (χ2n) is 4.36. The minimum Gasteiger partial charge on any atom is -0.444 e. The van der Waals surface area contributed by atoms with Crippen LogP contribution in [0.4, 0.5) is 4.79 Å². The van der Waals surface area contributed by atoms with Gasteiger partial charge in [-0.25, -0.2) is 4.79 Å². The number of amides is 1. The fraction of sp³-hybridized carbons (Fsp3) is 0.889. The van der Waals surface area contributed by atoms with Crippen LogP contribution < -0.4 is 5.32 Å². The molecule has 0 aromatic heterocycles. The third kappa shape index (κ3) is 3.51. The molecule has 0 saturated carbocycles. The lowest BCUT2D eigenvalue weighted by molar-refractivity contribution is 0.0461. The Kier molecular flexibility index (Phi) is 3.34. The number of hydrogen-bond acceptors (Lipinski definition) is 4. The average Bonchev–Trinajstić information content (AvgIpc) is 2.32. The Labute approximate surface area is 83.4 Å². The van der Waals surface area contributed by atoms with Crippen LogP contribution in [0.5, 0.6) is 0 Å². The van der Waals surface area contributed by atoms with Crippen LogP contribution in [0.1, 0.15) is 20.8 Å². The maximum absolute atomic E-state index is 11.3. The number of aliphatic hydroxyl groups is 1. The quantitative estimate of drug-likeness (QED) is 0.642. The highest BCUT2D eigenvalue weighted by Gasteiger charge is 2.29. The highest BCUT2D eigenvalue weighted by atomic mass is 16.6. The third-order valence-electron chi connectivity index (χ3n) is 1.75. The summed E-state index contributed by atoms with van der Waals surface area (Å²) in [6, 6.07) is -0.357. The zero-order chi connectivity index (χ0) is 10.8. The van der Waals surface area contributed by atoms with Gasteiger partial charge >= 0.3 is 6.09 Å². The molecule has 0 spiro atoms. The van der Waals surface area contributed by atoms with E-state index in [1.165, 1.54) is 0 Å². The van der Waals surface area contributed by atoms with Crippen molar-refractivity contribution in [3.05, 3.63) is 0 Å². The zero-order valence-electron chi connectivity index (χ0n) is 8.74. The van der Waals surface area contributed by atoms with Crippen LogP contribution in [-0.2, 0) is 9.47 Å². The van der Waals surface area contributed by atoms with Crippen molar-refractivity contribution in [2.24, 2.45) is 0 Å². The summed E-state index contributed by atoms with van der Waals surface area (Å²) in [5.74, 6) is 0.